The molecule has 12 heteroatoms. The molecule has 0 aliphatic carbocycles. The highest BCUT2D eigenvalue weighted by molar-refractivity contribution is 7.92. The van der Waals surface area contributed by atoms with E-state index in [2.05, 4.69) is 5.32 Å². The average molecular weight is 644 g/mol. The summed E-state index contributed by atoms with van der Waals surface area (Å²) >= 11 is 5.83. The van der Waals surface area contributed by atoms with Crippen molar-refractivity contribution in [3.8, 4) is 0 Å². The van der Waals surface area contributed by atoms with Gasteiger partial charge >= 0.3 is 6.18 Å². The molecule has 230 valence electrons. The fraction of sp³-hybridized carbons (Fsp3) is 0.188. The number of hydrogen-bond acceptors (Lipinski definition) is 4. The largest absolute Gasteiger partial charge is 0.417 e. The van der Waals surface area contributed by atoms with Crippen LogP contribution in [0.4, 0.5) is 18.9 Å². The summed E-state index contributed by atoms with van der Waals surface area (Å²) in [5.41, 5.74) is -0.275. The smallest absolute Gasteiger partial charge is 0.357 e. The van der Waals surface area contributed by atoms with Gasteiger partial charge in [0.05, 0.1) is 21.2 Å². The molecule has 1 atom stereocenters. The third-order valence-corrected chi connectivity index (χ3v) is 8.98. The summed E-state index contributed by atoms with van der Waals surface area (Å²) < 4.78 is 69.9. The van der Waals surface area contributed by atoms with E-state index in [1.54, 1.807) is 66.7 Å². The summed E-state index contributed by atoms with van der Waals surface area (Å²) in [6.45, 7) is -0.969. The summed E-state index contributed by atoms with van der Waals surface area (Å²) in [4.78, 5) is 28.5. The Hall–Kier alpha value is -4.35. The number of carbonyl (C=O) groups is 2. The van der Waals surface area contributed by atoms with E-state index in [0.717, 1.165) is 17.7 Å². The number of amides is 2. The molecule has 1 N–H and O–H groups in total. The second-order valence-electron chi connectivity index (χ2n) is 9.81. The van der Waals surface area contributed by atoms with Gasteiger partial charge in [-0.25, -0.2) is 8.42 Å². The van der Waals surface area contributed by atoms with Crippen LogP contribution in [-0.4, -0.2) is 44.8 Å². The first-order valence-electron chi connectivity index (χ1n) is 13.4. The van der Waals surface area contributed by atoms with Gasteiger partial charge in [-0.2, -0.15) is 13.2 Å². The van der Waals surface area contributed by atoms with Crippen molar-refractivity contribution < 1.29 is 31.2 Å². The number of benzene rings is 4. The second kappa shape index (κ2) is 14.0. The zero-order valence-electron chi connectivity index (χ0n) is 23.5. The van der Waals surface area contributed by atoms with E-state index in [1.807, 2.05) is 0 Å². The van der Waals surface area contributed by atoms with Gasteiger partial charge in [-0.1, -0.05) is 90.5 Å². The molecule has 0 bridgehead atoms. The lowest BCUT2D eigenvalue weighted by molar-refractivity contribution is -0.139. The van der Waals surface area contributed by atoms with E-state index < -0.39 is 56.9 Å². The number of hydrogen-bond donors (Lipinski definition) is 1. The molecule has 7 nitrogen and oxygen atoms in total. The van der Waals surface area contributed by atoms with E-state index in [1.165, 1.54) is 36.2 Å². The van der Waals surface area contributed by atoms with Crippen LogP contribution < -0.4 is 9.62 Å². The molecule has 4 rings (SSSR count). The van der Waals surface area contributed by atoms with Gasteiger partial charge in [-0.3, -0.25) is 13.9 Å². The molecule has 0 aliphatic heterocycles. The van der Waals surface area contributed by atoms with Crippen LogP contribution in [-0.2, 0) is 38.8 Å². The lowest BCUT2D eigenvalue weighted by Crippen LogP contribution is -2.53. The number of sulfonamides is 1. The minimum atomic E-state index is -4.89. The Morgan fingerprint density at radius 2 is 1.39 bits per heavy atom. The lowest BCUT2D eigenvalue weighted by atomic mass is 10.0. The number of nitrogens with zero attached hydrogens (tertiary/aromatic N) is 2. The molecular formula is C32H29ClF3N3O4S. The Morgan fingerprint density at radius 3 is 1.93 bits per heavy atom. The molecule has 0 aromatic heterocycles. The van der Waals surface area contributed by atoms with E-state index >= 15 is 0 Å². The number of anilines is 1. The molecule has 0 saturated carbocycles. The zero-order chi connectivity index (χ0) is 31.9. The molecule has 0 spiro atoms. The molecule has 44 heavy (non-hydrogen) atoms. The molecule has 0 saturated heterocycles. The minimum Gasteiger partial charge on any atom is -0.357 e. The predicted molar refractivity (Wildman–Crippen MR) is 162 cm³/mol. The maximum absolute atomic E-state index is 14.2. The topological polar surface area (TPSA) is 86.8 Å². The predicted octanol–water partition coefficient (Wildman–Crippen LogP) is 5.94. The first-order chi connectivity index (χ1) is 20.9. The van der Waals surface area contributed by atoms with E-state index in [0.29, 0.717) is 15.9 Å². The normalized spacial score (nSPS) is 12.3. The van der Waals surface area contributed by atoms with Gasteiger partial charge in [-0.05, 0) is 41.5 Å². The van der Waals surface area contributed by atoms with Gasteiger partial charge in [0.25, 0.3) is 10.0 Å². The van der Waals surface area contributed by atoms with E-state index in [-0.39, 0.29) is 17.9 Å². The van der Waals surface area contributed by atoms with Gasteiger partial charge in [0, 0.05) is 20.0 Å². The molecule has 0 aliphatic rings. The highest BCUT2D eigenvalue weighted by atomic mass is 35.5. The molecule has 4 aromatic rings. The summed E-state index contributed by atoms with van der Waals surface area (Å²) in [5.74, 6) is -1.30. The van der Waals surface area contributed by atoms with Crippen LogP contribution in [0.15, 0.2) is 114 Å². The highest BCUT2D eigenvalue weighted by Crippen LogP contribution is 2.38. The van der Waals surface area contributed by atoms with Crippen molar-refractivity contribution in [1.29, 1.82) is 0 Å². The van der Waals surface area contributed by atoms with Crippen LogP contribution in [0.2, 0.25) is 5.02 Å². The van der Waals surface area contributed by atoms with Crippen molar-refractivity contribution in [2.45, 2.75) is 30.1 Å². The summed E-state index contributed by atoms with van der Waals surface area (Å²) in [7, 11) is -3.15. The Morgan fingerprint density at radius 1 is 0.841 bits per heavy atom. The van der Waals surface area contributed by atoms with Crippen molar-refractivity contribution in [2.75, 3.05) is 17.9 Å². The number of nitrogens with one attached hydrogen (secondary N) is 1. The lowest BCUT2D eigenvalue weighted by Gasteiger charge is -2.33. The SMILES string of the molecule is CNC(=O)[C@H](Cc1ccccc1)N(Cc1ccccc1)C(=O)CN(c1ccc(Cl)c(C(F)(F)F)c1)S(=O)(=O)c1ccccc1. The number of alkyl halides is 3. The summed E-state index contributed by atoms with van der Waals surface area (Å²) in [6.07, 6.45) is -4.79. The molecule has 0 fully saturated rings. The number of halogens is 4. The first-order valence-corrected chi connectivity index (χ1v) is 15.3. The van der Waals surface area contributed by atoms with Crippen molar-refractivity contribution in [3.63, 3.8) is 0 Å². The van der Waals surface area contributed by atoms with Crippen molar-refractivity contribution in [2.24, 2.45) is 0 Å². The number of likely N-dealkylation sites (N-methyl/N-ethyl adjacent to an activating group) is 1. The molecule has 0 radical (unpaired) electrons. The number of rotatable bonds is 11. The Kier molecular flexibility index (Phi) is 10.3. The molecule has 4 aromatic carbocycles. The van der Waals surface area contributed by atoms with Gasteiger partial charge < -0.3 is 10.2 Å². The van der Waals surface area contributed by atoms with E-state index in [4.69, 9.17) is 11.6 Å². The third-order valence-electron chi connectivity index (χ3n) is 6.87. The standard InChI is InChI=1S/C32H29ClF3N3O4S/c1-37-31(41)29(19-23-11-5-2-6-12-23)38(21-24-13-7-3-8-14-24)30(40)22-39(44(42,43)26-15-9-4-10-16-26)25-17-18-28(33)27(20-25)32(34,35)36/h2-18,20,29H,19,21-22H2,1H3,(H,37,41)/t29-/m0/s1. The Labute approximate surface area is 258 Å². The average Bonchev–Trinajstić information content (AvgIpc) is 3.02. The second-order valence-corrected chi connectivity index (χ2v) is 12.1. The van der Waals surface area contributed by atoms with Crippen LogP contribution in [0.1, 0.15) is 16.7 Å². The quantitative estimate of drug-likeness (QED) is 0.219. The van der Waals surface area contributed by atoms with Crippen molar-refractivity contribution >= 4 is 39.1 Å². The fourth-order valence-electron chi connectivity index (χ4n) is 4.63. The molecule has 2 amide bonds. The maximum atomic E-state index is 14.2. The van der Waals surface area contributed by atoms with Crippen molar-refractivity contribution in [1.82, 2.24) is 10.2 Å². The van der Waals surface area contributed by atoms with Crippen LogP contribution in [0, 0.1) is 0 Å². The first kappa shape index (κ1) is 32.6. The molecular weight excluding hydrogens is 615 g/mol. The van der Waals surface area contributed by atoms with Crippen LogP contribution in [0.3, 0.4) is 0 Å². The molecule has 0 unspecified atom stereocenters. The minimum absolute atomic E-state index is 0.0712. The summed E-state index contributed by atoms with van der Waals surface area (Å²) in [5, 5.41) is 1.95. The van der Waals surface area contributed by atoms with Gasteiger partial charge in [0.1, 0.15) is 12.6 Å². The number of carbonyl (C=O) groups excluding carboxylic acids is 2. The van der Waals surface area contributed by atoms with Crippen LogP contribution in [0.5, 0.6) is 0 Å². The van der Waals surface area contributed by atoms with Crippen LogP contribution in [0.25, 0.3) is 0 Å². The van der Waals surface area contributed by atoms with Gasteiger partial charge in [-0.15, -0.1) is 0 Å². The monoisotopic (exact) mass is 643 g/mol. The van der Waals surface area contributed by atoms with Gasteiger partial charge in [0.2, 0.25) is 11.8 Å². The Bertz CT molecular complexity index is 1690. The van der Waals surface area contributed by atoms with Crippen LogP contribution >= 0.6 is 11.6 Å². The maximum Gasteiger partial charge on any atom is 0.417 e. The van der Waals surface area contributed by atoms with E-state index in [9.17, 15) is 31.2 Å². The zero-order valence-corrected chi connectivity index (χ0v) is 25.1. The van der Waals surface area contributed by atoms with Gasteiger partial charge in [0.15, 0.2) is 0 Å². The summed E-state index contributed by atoms with van der Waals surface area (Å²) in [6, 6.07) is 26.3. The fourth-order valence-corrected chi connectivity index (χ4v) is 6.29. The molecule has 0 heterocycles. The highest BCUT2D eigenvalue weighted by Gasteiger charge is 2.37. The van der Waals surface area contributed by atoms with Crippen molar-refractivity contribution in [3.05, 3.63) is 131 Å². The third kappa shape index (κ3) is 7.78. The Balaban J connectivity index is 1.83.